The summed E-state index contributed by atoms with van der Waals surface area (Å²) in [5.41, 5.74) is 15.7. The van der Waals surface area contributed by atoms with E-state index in [9.17, 15) is 0 Å². The van der Waals surface area contributed by atoms with Crippen molar-refractivity contribution in [3.8, 4) is 22.3 Å². The molecular weight excluding hydrogens is 736 g/mol. The lowest BCUT2D eigenvalue weighted by molar-refractivity contribution is 0.660. The van der Waals surface area contributed by atoms with Crippen LogP contribution < -0.4 is 9.80 Å². The van der Waals surface area contributed by atoms with Crippen LogP contribution in [0.25, 0.3) is 44.2 Å². The van der Waals surface area contributed by atoms with Crippen LogP contribution in [0.2, 0.25) is 0 Å². The van der Waals surface area contributed by atoms with Gasteiger partial charge in [0.1, 0.15) is 11.2 Å². The van der Waals surface area contributed by atoms with Gasteiger partial charge in [-0.15, -0.1) is 0 Å². The largest absolute Gasteiger partial charge is 0.456 e. The van der Waals surface area contributed by atoms with Crippen molar-refractivity contribution in [2.45, 2.75) is 19.3 Å². The van der Waals surface area contributed by atoms with E-state index in [1.54, 1.807) is 0 Å². The van der Waals surface area contributed by atoms with Gasteiger partial charge in [-0.05, 0) is 112 Å². The smallest absolute Gasteiger partial charge is 0.135 e. The fraction of sp³-hybridized carbons (Fsp3) is 0.0588. The molecule has 0 saturated carbocycles. The van der Waals surface area contributed by atoms with E-state index in [-0.39, 0.29) is 5.41 Å². The number of halogens is 1. The van der Waals surface area contributed by atoms with Crippen molar-refractivity contribution in [3.05, 3.63) is 204 Å². The predicted molar refractivity (Wildman–Crippen MR) is 234 cm³/mol. The van der Waals surface area contributed by atoms with Gasteiger partial charge in [0.15, 0.2) is 0 Å². The molecule has 1 aliphatic rings. The molecule has 264 valence electrons. The quantitative estimate of drug-likeness (QED) is 0.161. The van der Waals surface area contributed by atoms with Crippen molar-refractivity contribution in [1.82, 2.24) is 0 Å². The Kier molecular flexibility index (Phi) is 7.97. The molecule has 0 bridgehead atoms. The number of nitrogens with zero attached hydrogens (tertiary/aromatic N) is 2. The van der Waals surface area contributed by atoms with Crippen molar-refractivity contribution < 1.29 is 4.42 Å². The fourth-order valence-electron chi connectivity index (χ4n) is 8.44. The molecule has 10 rings (SSSR count). The third-order valence-electron chi connectivity index (χ3n) is 11.1. The molecule has 0 aliphatic heterocycles. The first-order valence-corrected chi connectivity index (χ1v) is 19.5. The number of hydrogen-bond donors (Lipinski definition) is 0. The predicted octanol–water partition coefficient (Wildman–Crippen LogP) is 15.3. The average Bonchev–Trinajstić information content (AvgIpc) is 3.70. The summed E-state index contributed by atoms with van der Waals surface area (Å²) >= 11 is 3.97. The van der Waals surface area contributed by atoms with Gasteiger partial charge in [0.25, 0.3) is 0 Å². The Bertz CT molecular complexity index is 2880. The maximum atomic E-state index is 6.24. The van der Waals surface area contributed by atoms with Crippen LogP contribution in [-0.2, 0) is 5.41 Å². The number of hydrogen-bond acceptors (Lipinski definition) is 3. The molecule has 0 fully saturated rings. The minimum atomic E-state index is -0.0803. The maximum absolute atomic E-state index is 6.24. The van der Waals surface area contributed by atoms with Gasteiger partial charge >= 0.3 is 0 Å². The second-order valence-electron chi connectivity index (χ2n) is 14.8. The molecule has 8 aromatic carbocycles. The number of anilines is 6. The van der Waals surface area contributed by atoms with Crippen molar-refractivity contribution in [3.63, 3.8) is 0 Å². The molecule has 0 unspecified atom stereocenters. The molecular formula is C51H37BrN2O. The van der Waals surface area contributed by atoms with Crippen LogP contribution >= 0.6 is 15.9 Å². The van der Waals surface area contributed by atoms with E-state index in [0.29, 0.717) is 0 Å². The standard InChI is InChI=1S/C51H37BrN2O/c1-51(2)47-22-11-9-20-43(47)45-32-39(24-26-48(45)51)54(38-19-13-16-35(28-38)34-14-5-3-6-15-34)42-30-36(52)29-41(31-42)53(37-17-7-4-8-18-37)40-25-27-50-46(33-40)44-21-10-12-23-49(44)55-50/h3-33H,1-2H3. The molecule has 0 saturated heterocycles. The van der Waals surface area contributed by atoms with E-state index in [4.69, 9.17) is 4.42 Å². The third-order valence-corrected chi connectivity index (χ3v) is 11.5. The van der Waals surface area contributed by atoms with Crippen LogP contribution in [0.1, 0.15) is 25.0 Å². The van der Waals surface area contributed by atoms with Crippen LogP contribution in [0.3, 0.4) is 0 Å². The van der Waals surface area contributed by atoms with Crippen molar-refractivity contribution in [2.75, 3.05) is 9.80 Å². The second-order valence-corrected chi connectivity index (χ2v) is 15.7. The Morgan fingerprint density at radius 1 is 0.400 bits per heavy atom. The van der Waals surface area contributed by atoms with E-state index in [2.05, 4.69) is 216 Å². The lowest BCUT2D eigenvalue weighted by atomic mass is 9.82. The van der Waals surface area contributed by atoms with E-state index in [1.165, 1.54) is 27.8 Å². The molecule has 1 aromatic heterocycles. The van der Waals surface area contributed by atoms with Gasteiger partial charge in [-0.25, -0.2) is 0 Å². The van der Waals surface area contributed by atoms with Crippen LogP contribution in [-0.4, -0.2) is 0 Å². The number of rotatable bonds is 7. The monoisotopic (exact) mass is 772 g/mol. The van der Waals surface area contributed by atoms with Gasteiger partial charge in [-0.2, -0.15) is 0 Å². The lowest BCUT2D eigenvalue weighted by Gasteiger charge is -2.30. The van der Waals surface area contributed by atoms with Gasteiger partial charge < -0.3 is 14.2 Å². The van der Waals surface area contributed by atoms with E-state index < -0.39 is 0 Å². The summed E-state index contributed by atoms with van der Waals surface area (Å²) < 4.78 is 7.22. The molecule has 3 nitrogen and oxygen atoms in total. The highest BCUT2D eigenvalue weighted by Gasteiger charge is 2.35. The second kappa shape index (κ2) is 13.2. The highest BCUT2D eigenvalue weighted by molar-refractivity contribution is 9.10. The minimum absolute atomic E-state index is 0.0803. The van der Waals surface area contributed by atoms with Crippen LogP contribution in [0, 0.1) is 0 Å². The van der Waals surface area contributed by atoms with E-state index >= 15 is 0 Å². The number of para-hydroxylation sites is 2. The minimum Gasteiger partial charge on any atom is -0.456 e. The molecule has 0 amide bonds. The fourth-order valence-corrected chi connectivity index (χ4v) is 8.91. The van der Waals surface area contributed by atoms with Crippen molar-refractivity contribution in [2.24, 2.45) is 0 Å². The zero-order valence-corrected chi connectivity index (χ0v) is 32.2. The lowest BCUT2D eigenvalue weighted by Crippen LogP contribution is -2.16. The molecule has 1 aliphatic carbocycles. The summed E-state index contributed by atoms with van der Waals surface area (Å²) in [6.45, 7) is 4.67. The SMILES string of the molecule is CC1(C)c2ccccc2-c2cc(N(c3cccc(-c4ccccc4)c3)c3cc(Br)cc(N(c4ccccc4)c4ccc5oc6ccccc6c5c4)c3)ccc21. The molecule has 0 spiro atoms. The zero-order chi connectivity index (χ0) is 37.1. The van der Waals surface area contributed by atoms with Gasteiger partial charge in [0.05, 0.1) is 0 Å². The van der Waals surface area contributed by atoms with Crippen molar-refractivity contribution >= 4 is 72.0 Å². The van der Waals surface area contributed by atoms with E-state index in [1.807, 2.05) is 12.1 Å². The molecule has 0 radical (unpaired) electrons. The van der Waals surface area contributed by atoms with Gasteiger partial charge in [-0.1, -0.05) is 139 Å². The van der Waals surface area contributed by atoms with Crippen LogP contribution in [0.5, 0.6) is 0 Å². The zero-order valence-electron chi connectivity index (χ0n) is 30.6. The maximum Gasteiger partial charge on any atom is 0.135 e. The summed E-state index contributed by atoms with van der Waals surface area (Å²) in [5.74, 6) is 0. The summed E-state index contributed by atoms with van der Waals surface area (Å²) in [6.07, 6.45) is 0. The van der Waals surface area contributed by atoms with Gasteiger partial charge in [0.2, 0.25) is 0 Å². The normalized spacial score (nSPS) is 12.8. The average molecular weight is 774 g/mol. The Balaban J connectivity index is 1.18. The Morgan fingerprint density at radius 2 is 0.982 bits per heavy atom. The highest BCUT2D eigenvalue weighted by Crippen LogP contribution is 2.51. The summed E-state index contributed by atoms with van der Waals surface area (Å²) in [5, 5.41) is 2.19. The number of benzene rings is 8. The topological polar surface area (TPSA) is 19.6 Å². The summed E-state index contributed by atoms with van der Waals surface area (Å²) in [4.78, 5) is 4.72. The van der Waals surface area contributed by atoms with Crippen LogP contribution in [0.15, 0.2) is 197 Å². The van der Waals surface area contributed by atoms with Gasteiger partial charge in [-0.3, -0.25) is 0 Å². The molecule has 0 N–H and O–H groups in total. The Hall–Kier alpha value is -6.36. The molecule has 0 atom stereocenters. The highest BCUT2D eigenvalue weighted by atomic mass is 79.9. The number of fused-ring (bicyclic) bond motifs is 6. The summed E-state index contributed by atoms with van der Waals surface area (Å²) in [6, 6.07) is 67.4. The first-order chi connectivity index (χ1) is 26.9. The summed E-state index contributed by atoms with van der Waals surface area (Å²) in [7, 11) is 0. The first kappa shape index (κ1) is 33.2. The molecule has 1 heterocycles. The van der Waals surface area contributed by atoms with E-state index in [0.717, 1.165) is 66.1 Å². The third kappa shape index (κ3) is 5.73. The van der Waals surface area contributed by atoms with Gasteiger partial charge in [0, 0.05) is 54.8 Å². The molecule has 4 heteroatoms. The Morgan fingerprint density at radius 3 is 1.80 bits per heavy atom. The molecule has 9 aromatic rings. The molecule has 55 heavy (non-hydrogen) atoms. The Labute approximate surface area is 329 Å². The number of furan rings is 1. The van der Waals surface area contributed by atoms with Crippen molar-refractivity contribution in [1.29, 1.82) is 0 Å². The van der Waals surface area contributed by atoms with Crippen LogP contribution in [0.4, 0.5) is 34.1 Å². The first-order valence-electron chi connectivity index (χ1n) is 18.7.